The molecule has 3 aromatic carbocycles. The summed E-state index contributed by atoms with van der Waals surface area (Å²) in [7, 11) is 1.43. The molecule has 182 valence electrons. The smallest absolute Gasteiger partial charge is 0.335 e. The van der Waals surface area contributed by atoms with Gasteiger partial charge in [-0.3, -0.25) is 9.59 Å². The Morgan fingerprint density at radius 2 is 1.72 bits per heavy atom. The fourth-order valence-electron chi connectivity index (χ4n) is 3.17. The van der Waals surface area contributed by atoms with Crippen molar-refractivity contribution >= 4 is 35.2 Å². The molecular formula is C27H23N3O6. The Morgan fingerprint density at radius 3 is 2.39 bits per heavy atom. The summed E-state index contributed by atoms with van der Waals surface area (Å²) in [4.78, 5) is 36.3. The molecule has 0 heterocycles. The third-order valence-corrected chi connectivity index (χ3v) is 4.94. The molecule has 3 aromatic rings. The summed E-state index contributed by atoms with van der Waals surface area (Å²) in [6, 6.07) is 19.6. The van der Waals surface area contributed by atoms with Crippen LogP contribution < -0.4 is 20.1 Å². The number of aromatic carboxylic acids is 1. The average molecular weight is 485 g/mol. The van der Waals surface area contributed by atoms with Crippen LogP contribution in [0.5, 0.6) is 11.5 Å². The molecular weight excluding hydrogens is 462 g/mol. The summed E-state index contributed by atoms with van der Waals surface area (Å²) in [6.07, 6.45) is 1.30. The van der Waals surface area contributed by atoms with Crippen LogP contribution in [0.15, 0.2) is 72.3 Å². The number of hydrogen-bond acceptors (Lipinski definition) is 6. The molecule has 0 saturated carbocycles. The number of para-hydroxylation sites is 1. The van der Waals surface area contributed by atoms with E-state index in [9.17, 15) is 19.6 Å². The normalized spacial score (nSPS) is 10.6. The fraction of sp³-hybridized carbons (Fsp3) is 0.111. The largest absolute Gasteiger partial charge is 0.493 e. The van der Waals surface area contributed by atoms with Crippen LogP contribution in [-0.4, -0.2) is 36.6 Å². The first kappa shape index (κ1) is 25.5. The van der Waals surface area contributed by atoms with Gasteiger partial charge in [0.1, 0.15) is 11.6 Å². The number of benzene rings is 3. The summed E-state index contributed by atoms with van der Waals surface area (Å²) < 4.78 is 11.0. The van der Waals surface area contributed by atoms with Crippen molar-refractivity contribution in [2.45, 2.75) is 6.92 Å². The predicted octanol–water partition coefficient (Wildman–Crippen LogP) is 4.27. The number of amides is 2. The third kappa shape index (κ3) is 6.71. The number of hydrogen-bond donors (Lipinski definition) is 3. The molecule has 0 fully saturated rings. The van der Waals surface area contributed by atoms with Gasteiger partial charge in [-0.15, -0.1) is 0 Å². The number of rotatable bonds is 9. The summed E-state index contributed by atoms with van der Waals surface area (Å²) in [5.74, 6) is -1.82. The van der Waals surface area contributed by atoms with Crippen molar-refractivity contribution in [1.29, 1.82) is 5.26 Å². The van der Waals surface area contributed by atoms with Gasteiger partial charge in [0.05, 0.1) is 12.7 Å². The van der Waals surface area contributed by atoms with Crippen LogP contribution in [0, 0.1) is 18.3 Å². The van der Waals surface area contributed by atoms with Crippen molar-refractivity contribution in [3.05, 3.63) is 89.0 Å². The van der Waals surface area contributed by atoms with Crippen LogP contribution in [0.25, 0.3) is 6.08 Å². The van der Waals surface area contributed by atoms with Gasteiger partial charge in [0, 0.05) is 16.9 Å². The highest BCUT2D eigenvalue weighted by atomic mass is 16.5. The quantitative estimate of drug-likeness (QED) is 0.304. The predicted molar refractivity (Wildman–Crippen MR) is 134 cm³/mol. The number of methoxy groups -OCH3 is 1. The van der Waals surface area contributed by atoms with Gasteiger partial charge in [-0.1, -0.05) is 35.9 Å². The van der Waals surface area contributed by atoms with Crippen molar-refractivity contribution in [2.75, 3.05) is 24.4 Å². The minimum absolute atomic E-state index is 0.0114. The highest BCUT2D eigenvalue weighted by Crippen LogP contribution is 2.33. The Bertz CT molecular complexity index is 1360. The minimum Gasteiger partial charge on any atom is -0.493 e. The maximum atomic E-state index is 12.7. The lowest BCUT2D eigenvalue weighted by molar-refractivity contribution is -0.118. The summed E-state index contributed by atoms with van der Waals surface area (Å²) >= 11 is 0. The first-order valence-electron chi connectivity index (χ1n) is 10.7. The first-order chi connectivity index (χ1) is 17.3. The van der Waals surface area contributed by atoms with Crippen molar-refractivity contribution in [2.24, 2.45) is 0 Å². The number of carboxylic acid groups (broad SMARTS) is 1. The van der Waals surface area contributed by atoms with Crippen molar-refractivity contribution < 1.29 is 29.0 Å². The minimum atomic E-state index is -1.15. The van der Waals surface area contributed by atoms with Gasteiger partial charge in [0.2, 0.25) is 0 Å². The lowest BCUT2D eigenvalue weighted by Crippen LogP contribution is -2.20. The van der Waals surface area contributed by atoms with Crippen LogP contribution in [0.2, 0.25) is 0 Å². The Hall–Kier alpha value is -5.10. The van der Waals surface area contributed by atoms with Gasteiger partial charge in [0.15, 0.2) is 18.1 Å². The van der Waals surface area contributed by atoms with Gasteiger partial charge in [-0.25, -0.2) is 4.79 Å². The molecule has 3 N–H and O–H groups in total. The number of nitriles is 1. The molecule has 0 aliphatic rings. The van der Waals surface area contributed by atoms with E-state index in [1.165, 1.54) is 37.5 Å². The molecule has 3 rings (SSSR count). The summed E-state index contributed by atoms with van der Waals surface area (Å²) in [6.45, 7) is 1.60. The lowest BCUT2D eigenvalue weighted by Gasteiger charge is -2.14. The highest BCUT2D eigenvalue weighted by Gasteiger charge is 2.16. The van der Waals surface area contributed by atoms with Gasteiger partial charge in [0.25, 0.3) is 11.8 Å². The van der Waals surface area contributed by atoms with Crippen molar-refractivity contribution in [1.82, 2.24) is 0 Å². The Morgan fingerprint density at radius 1 is 1.00 bits per heavy atom. The molecule has 0 radical (unpaired) electrons. The first-order valence-corrected chi connectivity index (χ1v) is 10.7. The lowest BCUT2D eigenvalue weighted by atomic mass is 10.1. The second-order valence-corrected chi connectivity index (χ2v) is 7.59. The van der Waals surface area contributed by atoms with Crippen molar-refractivity contribution in [3.8, 4) is 17.6 Å². The van der Waals surface area contributed by atoms with Crippen LogP contribution in [0.4, 0.5) is 11.4 Å². The number of carbonyl (C=O) groups excluding carboxylic acids is 2. The zero-order valence-corrected chi connectivity index (χ0v) is 19.6. The number of anilines is 2. The maximum absolute atomic E-state index is 12.7. The van der Waals surface area contributed by atoms with E-state index in [0.29, 0.717) is 17.0 Å². The molecule has 0 bridgehead atoms. The van der Waals surface area contributed by atoms with E-state index in [-0.39, 0.29) is 29.2 Å². The van der Waals surface area contributed by atoms with Gasteiger partial charge < -0.3 is 25.2 Å². The van der Waals surface area contributed by atoms with Gasteiger partial charge in [-0.05, 0) is 49.4 Å². The highest BCUT2D eigenvalue weighted by molar-refractivity contribution is 6.10. The van der Waals surface area contributed by atoms with E-state index in [1.807, 2.05) is 25.1 Å². The topological polar surface area (TPSA) is 138 Å². The maximum Gasteiger partial charge on any atom is 0.335 e. The number of nitrogens with zero attached hydrogens (tertiary/aromatic N) is 1. The van der Waals surface area contributed by atoms with Crippen LogP contribution in [0.1, 0.15) is 21.5 Å². The molecule has 0 unspecified atom stereocenters. The van der Waals surface area contributed by atoms with Gasteiger partial charge in [-0.2, -0.15) is 5.26 Å². The van der Waals surface area contributed by atoms with E-state index in [4.69, 9.17) is 14.6 Å². The number of carboxylic acids is 1. The molecule has 36 heavy (non-hydrogen) atoms. The van der Waals surface area contributed by atoms with Crippen molar-refractivity contribution in [3.63, 3.8) is 0 Å². The molecule has 2 amide bonds. The molecule has 0 saturated heterocycles. The number of ether oxygens (including phenoxy) is 2. The number of carbonyl (C=O) groups is 3. The SMILES string of the molecule is COc1cccc(/C=C(/C#N)C(=O)Nc2cccc(C(=O)O)c2)c1OCC(=O)Nc1ccc(C)cc1. The van der Waals surface area contributed by atoms with E-state index in [1.54, 1.807) is 30.3 Å². The van der Waals surface area contributed by atoms with E-state index in [0.717, 1.165) is 5.56 Å². The fourth-order valence-corrected chi connectivity index (χ4v) is 3.17. The molecule has 0 spiro atoms. The Kier molecular flexibility index (Phi) is 8.40. The summed E-state index contributed by atoms with van der Waals surface area (Å²) in [5, 5.41) is 24.0. The number of nitrogens with one attached hydrogen (secondary N) is 2. The molecule has 0 aliphatic heterocycles. The monoisotopic (exact) mass is 485 g/mol. The van der Waals surface area contributed by atoms with Crippen LogP contribution >= 0.6 is 0 Å². The average Bonchev–Trinajstić information content (AvgIpc) is 2.87. The molecule has 9 nitrogen and oxygen atoms in total. The number of aryl methyl sites for hydroxylation is 1. The van der Waals surface area contributed by atoms with Crippen LogP contribution in [-0.2, 0) is 9.59 Å². The Balaban J connectivity index is 1.79. The van der Waals surface area contributed by atoms with Crippen LogP contribution in [0.3, 0.4) is 0 Å². The third-order valence-electron chi connectivity index (χ3n) is 4.94. The summed E-state index contributed by atoms with van der Waals surface area (Å²) in [5.41, 5.74) is 1.95. The molecule has 0 aliphatic carbocycles. The van der Waals surface area contributed by atoms with Gasteiger partial charge >= 0.3 is 5.97 Å². The second kappa shape index (κ2) is 11.9. The van der Waals surface area contributed by atoms with E-state index in [2.05, 4.69) is 10.6 Å². The van der Waals surface area contributed by atoms with E-state index < -0.39 is 17.8 Å². The molecule has 9 heteroatoms. The standard InChI is InChI=1S/C27H23N3O6/c1-17-9-11-21(12-10-17)29-24(31)16-36-25-18(5-4-8-23(25)35-2)13-20(15-28)26(32)30-22-7-3-6-19(14-22)27(33)34/h3-14H,16H2,1-2H3,(H,29,31)(H,30,32)(H,33,34)/b20-13-. The second-order valence-electron chi connectivity index (χ2n) is 7.59. The zero-order valence-electron chi connectivity index (χ0n) is 19.6. The zero-order chi connectivity index (χ0) is 26.1. The molecule has 0 atom stereocenters. The van der Waals surface area contributed by atoms with E-state index >= 15 is 0 Å². The Labute approximate surface area is 207 Å². The molecule has 0 aromatic heterocycles.